The lowest BCUT2D eigenvalue weighted by Gasteiger charge is -2.36. The summed E-state index contributed by atoms with van der Waals surface area (Å²) in [7, 11) is 0. The number of piperazine rings is 1. The lowest BCUT2D eigenvalue weighted by atomic mass is 10.1. The van der Waals surface area contributed by atoms with Gasteiger partial charge in [-0.2, -0.15) is 13.2 Å². The maximum absolute atomic E-state index is 13.2. The zero-order valence-corrected chi connectivity index (χ0v) is 18.7. The number of carbonyl (C=O) groups excluding carboxylic acids is 2. The molecule has 1 saturated carbocycles. The molecular weight excluding hydrogens is 449 g/mol. The summed E-state index contributed by atoms with van der Waals surface area (Å²) >= 11 is 0. The third kappa shape index (κ3) is 4.28. The molecule has 1 aromatic heterocycles. The lowest BCUT2D eigenvalue weighted by molar-refractivity contribution is -0.137. The Hall–Kier alpha value is -3.30. The van der Waals surface area contributed by atoms with Gasteiger partial charge < -0.3 is 14.5 Å². The minimum absolute atomic E-state index is 0.0681. The average molecular weight is 474 g/mol. The van der Waals surface area contributed by atoms with Crippen LogP contribution in [0.25, 0.3) is 0 Å². The molecule has 0 radical (unpaired) electrons. The molecule has 2 aliphatic heterocycles. The number of benzene rings is 1. The number of ether oxygens (including phenoxy) is 1. The number of alkyl halides is 3. The van der Waals surface area contributed by atoms with Gasteiger partial charge in [0.05, 0.1) is 11.6 Å². The van der Waals surface area contributed by atoms with E-state index in [4.69, 9.17) is 4.74 Å². The Labute approximate surface area is 195 Å². The number of hydrogen-bond acceptors (Lipinski definition) is 5. The lowest BCUT2D eigenvalue weighted by Crippen LogP contribution is -2.49. The van der Waals surface area contributed by atoms with Gasteiger partial charge in [0.1, 0.15) is 12.4 Å². The average Bonchev–Trinajstić information content (AvgIpc) is 3.62. The van der Waals surface area contributed by atoms with Gasteiger partial charge in [0, 0.05) is 43.6 Å². The van der Waals surface area contributed by atoms with Crippen molar-refractivity contribution in [2.75, 3.05) is 42.6 Å². The number of pyridine rings is 1. The molecule has 0 unspecified atom stereocenters. The molecule has 0 bridgehead atoms. The summed E-state index contributed by atoms with van der Waals surface area (Å²) in [5, 5.41) is 0. The number of aromatic nitrogens is 1. The summed E-state index contributed by atoms with van der Waals surface area (Å²) in [6.07, 6.45) is -2.16. The Morgan fingerprint density at radius 3 is 2.32 bits per heavy atom. The first-order valence-corrected chi connectivity index (χ1v) is 11.4. The topological polar surface area (TPSA) is 66.0 Å². The molecular formula is C24H25F3N4O3. The largest absolute Gasteiger partial charge is 0.447 e. The van der Waals surface area contributed by atoms with E-state index in [1.807, 2.05) is 11.8 Å². The van der Waals surface area contributed by atoms with E-state index < -0.39 is 17.8 Å². The third-order valence-corrected chi connectivity index (χ3v) is 6.58. The van der Waals surface area contributed by atoms with Crippen LogP contribution in [0.1, 0.15) is 47.2 Å². The van der Waals surface area contributed by atoms with Crippen molar-refractivity contribution in [1.82, 2.24) is 9.88 Å². The Kier molecular flexibility index (Phi) is 5.61. The van der Waals surface area contributed by atoms with E-state index in [0.717, 1.165) is 19.0 Å². The van der Waals surface area contributed by atoms with Crippen molar-refractivity contribution in [3.8, 4) is 0 Å². The highest BCUT2D eigenvalue weighted by atomic mass is 19.4. The van der Waals surface area contributed by atoms with Crippen molar-refractivity contribution in [3.63, 3.8) is 0 Å². The molecule has 3 fully saturated rings. The summed E-state index contributed by atoms with van der Waals surface area (Å²) in [5.41, 5.74) is 1.13. The van der Waals surface area contributed by atoms with Crippen LogP contribution in [0.3, 0.4) is 0 Å². The van der Waals surface area contributed by atoms with Crippen LogP contribution in [0.2, 0.25) is 0 Å². The second kappa shape index (κ2) is 8.48. The van der Waals surface area contributed by atoms with E-state index >= 15 is 0 Å². The zero-order valence-electron chi connectivity index (χ0n) is 18.7. The van der Waals surface area contributed by atoms with E-state index in [2.05, 4.69) is 4.98 Å². The normalized spacial score (nSPS) is 21.1. The Morgan fingerprint density at radius 1 is 1.09 bits per heavy atom. The van der Waals surface area contributed by atoms with E-state index in [0.29, 0.717) is 55.4 Å². The van der Waals surface area contributed by atoms with Crippen LogP contribution in [0.15, 0.2) is 36.5 Å². The Balaban J connectivity index is 1.25. The quantitative estimate of drug-likeness (QED) is 0.662. The van der Waals surface area contributed by atoms with Crippen molar-refractivity contribution in [3.05, 3.63) is 53.2 Å². The van der Waals surface area contributed by atoms with Gasteiger partial charge in [-0.15, -0.1) is 0 Å². The molecule has 7 nitrogen and oxygen atoms in total. The summed E-state index contributed by atoms with van der Waals surface area (Å²) in [6.45, 7) is 4.12. The molecule has 3 heterocycles. The number of cyclic esters (lactones) is 1. The highest BCUT2D eigenvalue weighted by Crippen LogP contribution is 2.45. The van der Waals surface area contributed by atoms with Crippen LogP contribution in [-0.2, 0) is 10.9 Å². The fourth-order valence-corrected chi connectivity index (χ4v) is 4.53. The fraction of sp³-hybridized carbons (Fsp3) is 0.458. The van der Waals surface area contributed by atoms with Crippen molar-refractivity contribution in [2.24, 2.45) is 0 Å². The Bertz CT molecular complexity index is 1090. The predicted octanol–water partition coefficient (Wildman–Crippen LogP) is 4.29. The fourth-order valence-electron chi connectivity index (χ4n) is 4.53. The molecule has 1 aliphatic carbocycles. The van der Waals surface area contributed by atoms with Crippen molar-refractivity contribution >= 4 is 23.5 Å². The number of halogens is 3. The van der Waals surface area contributed by atoms with Crippen molar-refractivity contribution in [1.29, 1.82) is 0 Å². The number of nitrogens with zero attached hydrogens (tertiary/aromatic N) is 4. The molecule has 2 saturated heterocycles. The second-order valence-corrected chi connectivity index (χ2v) is 9.03. The van der Waals surface area contributed by atoms with Crippen LogP contribution in [0.4, 0.5) is 29.5 Å². The van der Waals surface area contributed by atoms with Gasteiger partial charge in [-0.3, -0.25) is 9.69 Å². The molecule has 1 atom stereocenters. The van der Waals surface area contributed by atoms with Gasteiger partial charge in [0.15, 0.2) is 0 Å². The van der Waals surface area contributed by atoms with Crippen LogP contribution in [0.5, 0.6) is 0 Å². The molecule has 1 aromatic carbocycles. The molecule has 0 N–H and O–H groups in total. The number of rotatable bonds is 4. The maximum atomic E-state index is 13.2. The van der Waals surface area contributed by atoms with E-state index in [9.17, 15) is 22.8 Å². The van der Waals surface area contributed by atoms with Crippen molar-refractivity contribution in [2.45, 2.75) is 37.9 Å². The molecule has 10 heteroatoms. The highest BCUT2D eigenvalue weighted by molar-refractivity contribution is 5.96. The standard InChI is InChI=1S/C24H25F3N4O3/c1-15-14-34-23(33)31(15)19-6-4-17(5-7-19)22(32)30-10-8-29(9-11-30)21-20(16-2-3-16)12-18(13-28-21)24(25,26)27/h4-7,12-13,15-16H,2-3,8-11,14H2,1H3/t15-/m1/s1. The van der Waals surface area contributed by atoms with E-state index in [1.54, 1.807) is 34.1 Å². The van der Waals surface area contributed by atoms with Gasteiger partial charge in [-0.25, -0.2) is 9.78 Å². The van der Waals surface area contributed by atoms with E-state index in [1.165, 1.54) is 6.07 Å². The van der Waals surface area contributed by atoms with Crippen molar-refractivity contribution < 1.29 is 27.5 Å². The van der Waals surface area contributed by atoms with Gasteiger partial charge in [0.2, 0.25) is 0 Å². The number of amides is 2. The molecule has 180 valence electrons. The van der Waals surface area contributed by atoms with Crippen LogP contribution >= 0.6 is 0 Å². The molecule has 5 rings (SSSR count). The van der Waals surface area contributed by atoms with Gasteiger partial charge in [0.25, 0.3) is 5.91 Å². The Morgan fingerprint density at radius 2 is 1.76 bits per heavy atom. The molecule has 2 aromatic rings. The van der Waals surface area contributed by atoms with Crippen LogP contribution < -0.4 is 9.80 Å². The first-order valence-electron chi connectivity index (χ1n) is 11.4. The SMILES string of the molecule is C[C@@H]1COC(=O)N1c1ccc(C(=O)N2CCN(c3ncc(C(F)(F)F)cc3C3CC3)CC2)cc1. The monoisotopic (exact) mass is 474 g/mol. The zero-order chi connectivity index (χ0) is 24.0. The van der Waals surface area contributed by atoms with E-state index in [-0.39, 0.29) is 17.9 Å². The maximum Gasteiger partial charge on any atom is 0.417 e. The predicted molar refractivity (Wildman–Crippen MR) is 119 cm³/mol. The molecule has 2 amide bonds. The van der Waals surface area contributed by atoms with Gasteiger partial charge >= 0.3 is 12.3 Å². The van der Waals surface area contributed by atoms with Crippen LogP contribution in [-0.4, -0.2) is 60.7 Å². The highest BCUT2D eigenvalue weighted by Gasteiger charge is 2.36. The number of carbonyl (C=O) groups is 2. The minimum Gasteiger partial charge on any atom is -0.447 e. The van der Waals surface area contributed by atoms with Gasteiger partial charge in [-0.05, 0) is 61.6 Å². The summed E-state index contributed by atoms with van der Waals surface area (Å²) in [5.74, 6) is 0.600. The molecule has 34 heavy (non-hydrogen) atoms. The number of anilines is 2. The third-order valence-electron chi connectivity index (χ3n) is 6.58. The van der Waals surface area contributed by atoms with Crippen LogP contribution in [0, 0.1) is 0 Å². The minimum atomic E-state index is -4.41. The summed E-state index contributed by atoms with van der Waals surface area (Å²) < 4.78 is 44.5. The number of hydrogen-bond donors (Lipinski definition) is 0. The first-order chi connectivity index (χ1) is 16.2. The first kappa shape index (κ1) is 22.5. The molecule has 0 spiro atoms. The second-order valence-electron chi connectivity index (χ2n) is 9.03. The molecule has 3 aliphatic rings. The summed E-state index contributed by atoms with van der Waals surface area (Å²) in [4.78, 5) is 34.3. The smallest absolute Gasteiger partial charge is 0.417 e. The summed E-state index contributed by atoms with van der Waals surface area (Å²) in [6, 6.07) is 8.04. The van der Waals surface area contributed by atoms with Gasteiger partial charge in [-0.1, -0.05) is 0 Å².